The molecular weight excluding hydrogens is 364 g/mol. The molecule has 6 nitrogen and oxygen atoms in total. The predicted octanol–water partition coefficient (Wildman–Crippen LogP) is 4.35. The summed E-state index contributed by atoms with van der Waals surface area (Å²) in [6, 6.07) is 11.2. The number of nitrogens with one attached hydrogen (secondary N) is 1. The molecule has 0 aliphatic heterocycles. The molecule has 0 bridgehead atoms. The second kappa shape index (κ2) is 9.76. The second-order valence-electron chi connectivity index (χ2n) is 7.01. The van der Waals surface area contributed by atoms with Crippen molar-refractivity contribution < 1.29 is 9.84 Å². The molecule has 1 aliphatic rings. The van der Waals surface area contributed by atoms with Gasteiger partial charge in [-0.2, -0.15) is 0 Å². The van der Waals surface area contributed by atoms with Crippen molar-refractivity contribution in [2.75, 3.05) is 12.4 Å². The van der Waals surface area contributed by atoms with Crippen LogP contribution in [0.3, 0.4) is 0 Å². The molecule has 150 valence electrons. The van der Waals surface area contributed by atoms with Crippen molar-refractivity contribution >= 4 is 22.4 Å². The summed E-state index contributed by atoms with van der Waals surface area (Å²) in [5.74, 6) is 3.57. The molecule has 2 aromatic carbocycles. The van der Waals surface area contributed by atoms with Crippen LogP contribution >= 0.6 is 0 Å². The van der Waals surface area contributed by atoms with Crippen molar-refractivity contribution in [3.05, 3.63) is 48.3 Å². The number of phenolic OH excluding ortho intramolecular Hbond substituents is 1. The first-order chi connectivity index (χ1) is 14.1. The van der Waals surface area contributed by atoms with Crippen LogP contribution in [0.15, 0.2) is 42.7 Å². The van der Waals surface area contributed by atoms with Crippen molar-refractivity contribution in [2.45, 2.75) is 38.1 Å². The number of benzene rings is 2. The molecule has 1 aromatic heterocycles. The minimum Gasteiger partial charge on any atom is -0.504 e. The van der Waals surface area contributed by atoms with Gasteiger partial charge in [-0.25, -0.2) is 9.97 Å². The van der Waals surface area contributed by atoms with E-state index in [9.17, 15) is 5.11 Å². The van der Waals surface area contributed by atoms with Crippen LogP contribution in [0.25, 0.3) is 10.9 Å². The lowest BCUT2D eigenvalue weighted by Crippen LogP contribution is -2.22. The van der Waals surface area contributed by atoms with Gasteiger partial charge in [0, 0.05) is 28.7 Å². The normalized spacial score (nSPS) is 13.8. The third kappa shape index (κ3) is 5.37. The summed E-state index contributed by atoms with van der Waals surface area (Å²) in [6.45, 7) is 0. The van der Waals surface area contributed by atoms with Gasteiger partial charge in [0.25, 0.3) is 0 Å². The van der Waals surface area contributed by atoms with E-state index in [2.05, 4.69) is 21.2 Å². The maximum atomic E-state index is 9.95. The molecular formula is C23H26N4O2. The van der Waals surface area contributed by atoms with E-state index in [0.29, 0.717) is 28.5 Å². The topological polar surface area (TPSA) is 93.3 Å². The number of fused-ring (bicyclic) bond motifs is 1. The molecule has 1 aliphatic carbocycles. The van der Waals surface area contributed by atoms with Crippen LogP contribution in [0.5, 0.6) is 11.5 Å². The smallest absolute Gasteiger partial charge is 0.162 e. The quantitative estimate of drug-likeness (QED) is 0.576. The molecule has 0 spiro atoms. The molecule has 0 amide bonds. The van der Waals surface area contributed by atoms with E-state index >= 15 is 0 Å². The summed E-state index contributed by atoms with van der Waals surface area (Å²) in [4.78, 5) is 8.42. The molecule has 0 radical (unpaired) electrons. The van der Waals surface area contributed by atoms with Crippen LogP contribution in [0.2, 0.25) is 0 Å². The standard InChI is InChI=1S/C17H13N3O2.C6H13N/c1-3-11-5-4-6-12(7-11)20-17-13-8-15(21)16(22-2)9-14(13)18-10-19-17;7-6-4-2-1-3-5-6/h1,4-10,21H,2H3,(H,18,19,20);6H,1-5,7H2. The lowest BCUT2D eigenvalue weighted by atomic mass is 9.97. The highest BCUT2D eigenvalue weighted by Crippen LogP contribution is 2.33. The summed E-state index contributed by atoms with van der Waals surface area (Å²) in [7, 11) is 1.49. The number of ether oxygens (including phenoxy) is 1. The molecule has 1 fully saturated rings. The number of hydrogen-bond donors (Lipinski definition) is 3. The number of aromatic hydroxyl groups is 1. The van der Waals surface area contributed by atoms with Crippen molar-refractivity contribution in [2.24, 2.45) is 5.73 Å². The number of terminal acetylenes is 1. The number of rotatable bonds is 3. The third-order valence-corrected chi connectivity index (χ3v) is 4.88. The molecule has 4 rings (SSSR count). The van der Waals surface area contributed by atoms with Gasteiger partial charge in [0.1, 0.15) is 12.1 Å². The predicted molar refractivity (Wildman–Crippen MR) is 116 cm³/mol. The van der Waals surface area contributed by atoms with Crippen LogP contribution < -0.4 is 15.8 Å². The van der Waals surface area contributed by atoms with Crippen LogP contribution in [-0.4, -0.2) is 28.2 Å². The van der Waals surface area contributed by atoms with Gasteiger partial charge in [-0.15, -0.1) is 6.42 Å². The summed E-state index contributed by atoms with van der Waals surface area (Å²) in [5.41, 5.74) is 7.88. The van der Waals surface area contributed by atoms with E-state index in [4.69, 9.17) is 16.9 Å². The Balaban J connectivity index is 0.000000290. The number of aromatic nitrogens is 2. The highest BCUT2D eigenvalue weighted by molar-refractivity contribution is 5.92. The van der Waals surface area contributed by atoms with E-state index in [1.807, 2.05) is 24.3 Å². The first kappa shape index (κ1) is 20.4. The van der Waals surface area contributed by atoms with E-state index in [-0.39, 0.29) is 5.75 Å². The largest absolute Gasteiger partial charge is 0.504 e. The Morgan fingerprint density at radius 1 is 1.17 bits per heavy atom. The lowest BCUT2D eigenvalue weighted by molar-refractivity contribution is 0.374. The molecule has 0 atom stereocenters. The molecule has 4 N–H and O–H groups in total. The Morgan fingerprint density at radius 2 is 1.97 bits per heavy atom. The summed E-state index contributed by atoms with van der Waals surface area (Å²) >= 11 is 0. The Hall–Kier alpha value is -3.30. The third-order valence-electron chi connectivity index (χ3n) is 4.88. The average molecular weight is 390 g/mol. The average Bonchev–Trinajstić information content (AvgIpc) is 2.75. The van der Waals surface area contributed by atoms with E-state index in [1.54, 1.807) is 12.1 Å². The number of methoxy groups -OCH3 is 1. The maximum absolute atomic E-state index is 9.95. The second-order valence-corrected chi connectivity index (χ2v) is 7.01. The molecule has 1 heterocycles. The van der Waals surface area contributed by atoms with Crippen LogP contribution in [0, 0.1) is 12.3 Å². The summed E-state index contributed by atoms with van der Waals surface area (Å²) < 4.78 is 5.09. The van der Waals surface area contributed by atoms with Gasteiger partial charge in [0.15, 0.2) is 11.5 Å². The van der Waals surface area contributed by atoms with Crippen molar-refractivity contribution in [3.8, 4) is 23.8 Å². The van der Waals surface area contributed by atoms with E-state index in [1.165, 1.54) is 45.5 Å². The molecule has 3 aromatic rings. The molecule has 6 heteroatoms. The number of phenols is 1. The van der Waals surface area contributed by atoms with Gasteiger partial charge in [0.05, 0.1) is 12.6 Å². The van der Waals surface area contributed by atoms with Crippen LogP contribution in [0.4, 0.5) is 11.5 Å². The van der Waals surface area contributed by atoms with Gasteiger partial charge in [-0.1, -0.05) is 31.2 Å². The first-order valence-electron chi connectivity index (χ1n) is 9.71. The number of nitrogens with two attached hydrogens (primary N) is 1. The highest BCUT2D eigenvalue weighted by atomic mass is 16.5. The first-order valence-corrected chi connectivity index (χ1v) is 9.71. The fraction of sp³-hybridized carbons (Fsp3) is 0.304. The minimum absolute atomic E-state index is 0.0326. The molecule has 29 heavy (non-hydrogen) atoms. The summed E-state index contributed by atoms with van der Waals surface area (Å²) in [6.07, 6.45) is 13.5. The van der Waals surface area contributed by atoms with Gasteiger partial charge < -0.3 is 20.9 Å². The zero-order chi connectivity index (χ0) is 20.6. The van der Waals surface area contributed by atoms with Crippen LogP contribution in [-0.2, 0) is 0 Å². The summed E-state index contributed by atoms with van der Waals surface area (Å²) in [5, 5.41) is 13.8. The highest BCUT2D eigenvalue weighted by Gasteiger charge is 2.10. The Morgan fingerprint density at radius 3 is 2.62 bits per heavy atom. The SMILES string of the molecule is C#Cc1cccc(Nc2ncnc3cc(OC)c(O)cc23)c1.NC1CCCCC1. The lowest BCUT2D eigenvalue weighted by Gasteiger charge is -2.15. The van der Waals surface area contributed by atoms with Gasteiger partial charge in [-0.3, -0.25) is 0 Å². The molecule has 0 unspecified atom stereocenters. The molecule has 0 saturated heterocycles. The van der Waals surface area contributed by atoms with Gasteiger partial charge in [-0.05, 0) is 37.1 Å². The Bertz CT molecular complexity index is 1010. The zero-order valence-electron chi connectivity index (χ0n) is 16.6. The van der Waals surface area contributed by atoms with Gasteiger partial charge >= 0.3 is 0 Å². The zero-order valence-corrected chi connectivity index (χ0v) is 16.6. The van der Waals surface area contributed by atoms with E-state index in [0.717, 1.165) is 11.3 Å². The van der Waals surface area contributed by atoms with Crippen molar-refractivity contribution in [1.29, 1.82) is 0 Å². The van der Waals surface area contributed by atoms with Crippen LogP contribution in [0.1, 0.15) is 37.7 Å². The fourth-order valence-corrected chi connectivity index (χ4v) is 3.29. The minimum atomic E-state index is 0.0326. The monoisotopic (exact) mass is 390 g/mol. The number of nitrogens with zero attached hydrogens (tertiary/aromatic N) is 2. The molecule has 1 saturated carbocycles. The Kier molecular flexibility index (Phi) is 6.88. The van der Waals surface area contributed by atoms with Gasteiger partial charge in [0.2, 0.25) is 0 Å². The number of anilines is 2. The fourth-order valence-electron chi connectivity index (χ4n) is 3.29. The Labute approximate surface area is 171 Å². The van der Waals surface area contributed by atoms with Crippen molar-refractivity contribution in [1.82, 2.24) is 9.97 Å². The maximum Gasteiger partial charge on any atom is 0.162 e. The number of hydrogen-bond acceptors (Lipinski definition) is 6. The van der Waals surface area contributed by atoms with E-state index < -0.39 is 0 Å². The van der Waals surface area contributed by atoms with Crippen molar-refractivity contribution in [3.63, 3.8) is 0 Å².